The fourth-order valence-electron chi connectivity index (χ4n) is 3.34. The Morgan fingerprint density at radius 2 is 1.86 bits per heavy atom. The third-order valence-corrected chi connectivity index (χ3v) is 4.76. The molecule has 6 nitrogen and oxygen atoms in total. The number of nitrogens with zero attached hydrogens (tertiary/aromatic N) is 3. The van der Waals surface area contributed by atoms with Crippen LogP contribution in [0.25, 0.3) is 10.9 Å². The molecule has 0 fully saturated rings. The van der Waals surface area contributed by atoms with Crippen molar-refractivity contribution in [1.82, 2.24) is 20.2 Å². The third-order valence-electron chi connectivity index (χ3n) is 4.76. The largest absolute Gasteiger partial charge is 0.361 e. The first-order valence-corrected chi connectivity index (χ1v) is 9.55. The van der Waals surface area contributed by atoms with Crippen LogP contribution in [0.15, 0.2) is 60.9 Å². The first-order chi connectivity index (χ1) is 13.7. The van der Waals surface area contributed by atoms with E-state index in [-0.39, 0.29) is 0 Å². The molecular formula is C22H24N6. The van der Waals surface area contributed by atoms with Gasteiger partial charge in [0.15, 0.2) is 5.82 Å². The number of para-hydroxylation sites is 2. The standard InChI is InChI=1S/C22H24N6/c1-15(2)17-7-3-6-10-20(17)26-21-14-25-28-22(27-21)23-12-11-16-13-24-19-9-5-4-8-18(16)19/h3-10,13-15,24H,11-12H2,1-2H3,(H2,23,26,27,28). The summed E-state index contributed by atoms with van der Waals surface area (Å²) < 4.78 is 0. The Hall–Kier alpha value is -3.41. The van der Waals surface area contributed by atoms with Gasteiger partial charge in [-0.15, -0.1) is 5.10 Å². The number of hydrogen-bond donors (Lipinski definition) is 3. The molecule has 0 aliphatic heterocycles. The summed E-state index contributed by atoms with van der Waals surface area (Å²) in [7, 11) is 0. The van der Waals surface area contributed by atoms with E-state index in [0.717, 1.165) is 24.2 Å². The second kappa shape index (κ2) is 8.08. The van der Waals surface area contributed by atoms with E-state index in [2.05, 4.69) is 87.2 Å². The van der Waals surface area contributed by atoms with Crippen molar-refractivity contribution in [2.45, 2.75) is 26.2 Å². The zero-order valence-corrected chi connectivity index (χ0v) is 16.1. The number of fused-ring (bicyclic) bond motifs is 1. The van der Waals surface area contributed by atoms with Crippen molar-refractivity contribution in [3.05, 3.63) is 72.1 Å². The molecule has 4 rings (SSSR count). The molecule has 28 heavy (non-hydrogen) atoms. The zero-order valence-electron chi connectivity index (χ0n) is 16.1. The third kappa shape index (κ3) is 3.96. The molecule has 6 heteroatoms. The summed E-state index contributed by atoms with van der Waals surface area (Å²) >= 11 is 0. The molecule has 0 bridgehead atoms. The highest BCUT2D eigenvalue weighted by Gasteiger charge is 2.08. The maximum absolute atomic E-state index is 4.55. The molecular weight excluding hydrogens is 348 g/mol. The van der Waals surface area contributed by atoms with Gasteiger partial charge in [-0.1, -0.05) is 50.2 Å². The van der Waals surface area contributed by atoms with Gasteiger partial charge in [0.25, 0.3) is 0 Å². The first-order valence-electron chi connectivity index (χ1n) is 9.55. The molecule has 0 atom stereocenters. The minimum absolute atomic E-state index is 0.423. The molecule has 2 heterocycles. The summed E-state index contributed by atoms with van der Waals surface area (Å²) in [4.78, 5) is 7.85. The Bertz CT molecular complexity index is 1070. The van der Waals surface area contributed by atoms with Gasteiger partial charge in [0, 0.05) is 29.3 Å². The van der Waals surface area contributed by atoms with Crippen LogP contribution in [0.5, 0.6) is 0 Å². The van der Waals surface area contributed by atoms with Crippen molar-refractivity contribution < 1.29 is 0 Å². The fourth-order valence-corrected chi connectivity index (χ4v) is 3.34. The highest BCUT2D eigenvalue weighted by Crippen LogP contribution is 2.26. The van der Waals surface area contributed by atoms with Gasteiger partial charge in [-0.25, -0.2) is 0 Å². The Morgan fingerprint density at radius 1 is 1.04 bits per heavy atom. The second-order valence-corrected chi connectivity index (χ2v) is 7.07. The monoisotopic (exact) mass is 372 g/mol. The van der Waals surface area contributed by atoms with Gasteiger partial charge >= 0.3 is 0 Å². The van der Waals surface area contributed by atoms with Gasteiger partial charge in [-0.05, 0) is 35.6 Å². The molecule has 4 aromatic rings. The SMILES string of the molecule is CC(C)c1ccccc1Nc1cnnc(NCCc2c[nH]c3ccccc23)n1. The average molecular weight is 372 g/mol. The van der Waals surface area contributed by atoms with Crippen molar-refractivity contribution in [2.75, 3.05) is 17.2 Å². The molecule has 2 aromatic heterocycles. The van der Waals surface area contributed by atoms with Gasteiger partial charge in [0.1, 0.15) is 0 Å². The van der Waals surface area contributed by atoms with E-state index in [1.165, 1.54) is 16.5 Å². The van der Waals surface area contributed by atoms with Gasteiger partial charge in [0.05, 0.1) is 6.20 Å². The summed E-state index contributed by atoms with van der Waals surface area (Å²) in [5.41, 5.74) is 4.72. The van der Waals surface area contributed by atoms with Crippen LogP contribution in [0.3, 0.4) is 0 Å². The second-order valence-electron chi connectivity index (χ2n) is 7.07. The summed E-state index contributed by atoms with van der Waals surface area (Å²) in [6.45, 7) is 5.09. The molecule has 0 saturated carbocycles. The first kappa shape index (κ1) is 18.0. The number of aromatic amines is 1. The summed E-state index contributed by atoms with van der Waals surface area (Å²) in [5.74, 6) is 1.62. The molecule has 2 aromatic carbocycles. The molecule has 3 N–H and O–H groups in total. The van der Waals surface area contributed by atoms with Gasteiger partial charge in [-0.3, -0.25) is 0 Å². The predicted molar refractivity (Wildman–Crippen MR) is 114 cm³/mol. The number of aromatic nitrogens is 4. The van der Waals surface area contributed by atoms with E-state index in [1.54, 1.807) is 6.20 Å². The van der Waals surface area contributed by atoms with Crippen molar-refractivity contribution in [1.29, 1.82) is 0 Å². The number of rotatable bonds is 7. The Labute approximate surface area is 164 Å². The summed E-state index contributed by atoms with van der Waals surface area (Å²) in [6, 6.07) is 16.6. The number of hydrogen-bond acceptors (Lipinski definition) is 5. The van der Waals surface area contributed by atoms with Gasteiger partial charge in [-0.2, -0.15) is 10.1 Å². The highest BCUT2D eigenvalue weighted by atomic mass is 15.3. The molecule has 0 amide bonds. The van der Waals surface area contributed by atoms with Crippen LogP contribution in [0.4, 0.5) is 17.5 Å². The lowest BCUT2D eigenvalue weighted by atomic mass is 10.0. The van der Waals surface area contributed by atoms with Crippen LogP contribution < -0.4 is 10.6 Å². The lowest BCUT2D eigenvalue weighted by Crippen LogP contribution is -2.10. The number of H-pyrrole nitrogens is 1. The van der Waals surface area contributed by atoms with Crippen molar-refractivity contribution in [3.8, 4) is 0 Å². The van der Waals surface area contributed by atoms with Crippen LogP contribution in [0, 0.1) is 0 Å². The van der Waals surface area contributed by atoms with Crippen LogP contribution in [0.1, 0.15) is 30.9 Å². The lowest BCUT2D eigenvalue weighted by Gasteiger charge is -2.14. The zero-order chi connectivity index (χ0) is 19.3. The van der Waals surface area contributed by atoms with E-state index < -0.39 is 0 Å². The number of nitrogens with one attached hydrogen (secondary N) is 3. The quantitative estimate of drug-likeness (QED) is 0.431. The molecule has 0 unspecified atom stereocenters. The number of benzene rings is 2. The van der Waals surface area contributed by atoms with Crippen molar-refractivity contribution >= 4 is 28.4 Å². The van der Waals surface area contributed by atoms with E-state index >= 15 is 0 Å². The van der Waals surface area contributed by atoms with E-state index in [0.29, 0.717) is 17.7 Å². The summed E-state index contributed by atoms with van der Waals surface area (Å²) in [5, 5.41) is 16.1. The molecule has 0 aliphatic carbocycles. The molecule has 0 saturated heterocycles. The average Bonchev–Trinajstić information content (AvgIpc) is 3.12. The highest BCUT2D eigenvalue weighted by molar-refractivity contribution is 5.83. The minimum atomic E-state index is 0.423. The van der Waals surface area contributed by atoms with E-state index in [4.69, 9.17) is 0 Å². The summed E-state index contributed by atoms with van der Waals surface area (Å²) in [6.07, 6.45) is 4.58. The Morgan fingerprint density at radius 3 is 2.75 bits per heavy atom. The van der Waals surface area contributed by atoms with Crippen LogP contribution in [-0.4, -0.2) is 26.7 Å². The fraction of sp³-hybridized carbons (Fsp3) is 0.227. The topological polar surface area (TPSA) is 78.5 Å². The minimum Gasteiger partial charge on any atom is -0.361 e. The van der Waals surface area contributed by atoms with Gasteiger partial charge in [0.2, 0.25) is 5.95 Å². The van der Waals surface area contributed by atoms with E-state index in [9.17, 15) is 0 Å². The van der Waals surface area contributed by atoms with Crippen molar-refractivity contribution in [3.63, 3.8) is 0 Å². The molecule has 0 aliphatic rings. The number of anilines is 3. The van der Waals surface area contributed by atoms with Gasteiger partial charge < -0.3 is 15.6 Å². The molecule has 142 valence electrons. The maximum Gasteiger partial charge on any atom is 0.244 e. The van der Waals surface area contributed by atoms with E-state index in [1.807, 2.05) is 12.1 Å². The predicted octanol–water partition coefficient (Wildman–Crippen LogP) is 4.87. The van der Waals surface area contributed by atoms with Crippen molar-refractivity contribution in [2.24, 2.45) is 0 Å². The lowest BCUT2D eigenvalue weighted by molar-refractivity contribution is 0.868. The van der Waals surface area contributed by atoms with Crippen LogP contribution in [-0.2, 0) is 6.42 Å². The Balaban J connectivity index is 1.42. The molecule has 0 radical (unpaired) electrons. The van der Waals surface area contributed by atoms with Crippen LogP contribution >= 0.6 is 0 Å². The molecule has 0 spiro atoms. The van der Waals surface area contributed by atoms with Crippen LogP contribution in [0.2, 0.25) is 0 Å². The normalized spacial score (nSPS) is 11.1. The smallest absolute Gasteiger partial charge is 0.244 e. The Kier molecular flexibility index (Phi) is 5.19. The maximum atomic E-state index is 4.55.